The van der Waals surface area contributed by atoms with Crippen molar-refractivity contribution < 1.29 is 14.5 Å². The van der Waals surface area contributed by atoms with E-state index in [-0.39, 0.29) is 11.4 Å². The molecule has 0 radical (unpaired) electrons. The van der Waals surface area contributed by atoms with Crippen LogP contribution in [-0.2, 0) is 0 Å². The summed E-state index contributed by atoms with van der Waals surface area (Å²) < 4.78 is 4.48. The number of rotatable bonds is 2. The molecular formula is C8H8N2O4. The molecule has 0 aromatic heterocycles. The van der Waals surface area contributed by atoms with Crippen molar-refractivity contribution in [1.29, 1.82) is 0 Å². The number of carbonyl (C=O) groups is 1. The summed E-state index contributed by atoms with van der Waals surface area (Å²) in [6, 6.07) is 4.41. The molecule has 1 amide bonds. The Labute approximate surface area is 79.4 Å². The zero-order chi connectivity index (χ0) is 10.7. The molecule has 6 heteroatoms. The Kier molecular flexibility index (Phi) is 2.66. The van der Waals surface area contributed by atoms with Gasteiger partial charge in [0.25, 0.3) is 0 Å². The number of nitrogens with two attached hydrogens (primary N) is 1. The van der Waals surface area contributed by atoms with E-state index in [1.54, 1.807) is 19.1 Å². The maximum absolute atomic E-state index is 10.6. The summed E-state index contributed by atoms with van der Waals surface area (Å²) in [7, 11) is 0. The molecule has 0 bridgehead atoms. The van der Waals surface area contributed by atoms with Crippen molar-refractivity contribution in [3.63, 3.8) is 0 Å². The molecule has 1 aromatic rings. The van der Waals surface area contributed by atoms with Gasteiger partial charge in [-0.15, -0.1) is 0 Å². The van der Waals surface area contributed by atoms with E-state index in [1.165, 1.54) is 6.07 Å². The molecule has 1 rings (SSSR count). The number of amides is 1. The van der Waals surface area contributed by atoms with Crippen LogP contribution in [0.4, 0.5) is 10.5 Å². The minimum absolute atomic E-state index is 0.137. The first kappa shape index (κ1) is 9.97. The quantitative estimate of drug-likeness (QED) is 0.570. The molecule has 0 aliphatic heterocycles. The summed E-state index contributed by atoms with van der Waals surface area (Å²) in [5.74, 6) is -0.137. The molecule has 0 atom stereocenters. The highest BCUT2D eigenvalue weighted by atomic mass is 16.6. The van der Waals surface area contributed by atoms with Gasteiger partial charge in [-0.25, -0.2) is 4.79 Å². The smallest absolute Gasteiger partial charge is 0.403 e. The topological polar surface area (TPSA) is 95.5 Å². The van der Waals surface area contributed by atoms with Gasteiger partial charge in [0.05, 0.1) is 4.92 Å². The van der Waals surface area contributed by atoms with Gasteiger partial charge in [-0.2, -0.15) is 0 Å². The summed E-state index contributed by atoms with van der Waals surface area (Å²) in [5, 5.41) is 10.6. The van der Waals surface area contributed by atoms with Gasteiger partial charge in [-0.05, 0) is 13.0 Å². The fourth-order valence-electron chi connectivity index (χ4n) is 1.06. The number of hydrogen-bond donors (Lipinski definition) is 1. The van der Waals surface area contributed by atoms with Crippen molar-refractivity contribution in [2.45, 2.75) is 6.92 Å². The average Bonchev–Trinajstić information content (AvgIpc) is 2.01. The lowest BCUT2D eigenvalue weighted by Gasteiger charge is -2.03. The van der Waals surface area contributed by atoms with Gasteiger partial charge in [0.15, 0.2) is 0 Å². The van der Waals surface area contributed by atoms with Crippen LogP contribution in [-0.4, -0.2) is 11.0 Å². The zero-order valence-corrected chi connectivity index (χ0v) is 7.39. The van der Waals surface area contributed by atoms with E-state index in [0.29, 0.717) is 5.56 Å². The highest BCUT2D eigenvalue weighted by Crippen LogP contribution is 2.29. The molecular weight excluding hydrogens is 188 g/mol. The fourth-order valence-corrected chi connectivity index (χ4v) is 1.06. The van der Waals surface area contributed by atoms with Crippen LogP contribution in [0.2, 0.25) is 0 Å². The van der Waals surface area contributed by atoms with E-state index in [4.69, 9.17) is 5.73 Å². The largest absolute Gasteiger partial charge is 0.410 e. The number of hydrogen-bond acceptors (Lipinski definition) is 4. The fraction of sp³-hybridized carbons (Fsp3) is 0.125. The van der Waals surface area contributed by atoms with Crippen molar-refractivity contribution in [2.24, 2.45) is 5.73 Å². The molecule has 0 spiro atoms. The Morgan fingerprint density at radius 3 is 2.71 bits per heavy atom. The highest BCUT2D eigenvalue weighted by molar-refractivity contribution is 5.70. The number of aryl methyl sites for hydroxylation is 1. The van der Waals surface area contributed by atoms with Gasteiger partial charge in [-0.3, -0.25) is 10.1 Å². The Morgan fingerprint density at radius 2 is 2.21 bits per heavy atom. The van der Waals surface area contributed by atoms with Gasteiger partial charge in [-0.1, -0.05) is 12.1 Å². The minimum Gasteiger partial charge on any atom is -0.403 e. The van der Waals surface area contributed by atoms with Gasteiger partial charge >= 0.3 is 11.8 Å². The summed E-state index contributed by atoms with van der Waals surface area (Å²) in [5.41, 5.74) is 4.93. The Bertz CT molecular complexity index is 389. The maximum atomic E-state index is 10.6. The van der Waals surface area contributed by atoms with Crippen LogP contribution in [0.5, 0.6) is 5.75 Å². The van der Waals surface area contributed by atoms with Crippen molar-refractivity contribution in [1.82, 2.24) is 0 Å². The number of ether oxygens (including phenoxy) is 1. The zero-order valence-electron chi connectivity index (χ0n) is 7.39. The number of nitro benzene ring substituents is 1. The molecule has 0 unspecified atom stereocenters. The van der Waals surface area contributed by atoms with Crippen LogP contribution in [0.1, 0.15) is 5.56 Å². The molecule has 0 saturated heterocycles. The first-order valence-corrected chi connectivity index (χ1v) is 3.73. The van der Waals surface area contributed by atoms with E-state index < -0.39 is 11.0 Å². The predicted octanol–water partition coefficient (Wildman–Crippen LogP) is 1.36. The van der Waals surface area contributed by atoms with E-state index in [0.717, 1.165) is 0 Å². The summed E-state index contributed by atoms with van der Waals surface area (Å²) >= 11 is 0. The molecule has 6 nitrogen and oxygen atoms in total. The molecule has 2 N–H and O–H groups in total. The van der Waals surface area contributed by atoms with Crippen LogP contribution in [0, 0.1) is 17.0 Å². The normalized spacial score (nSPS) is 9.50. The third-order valence-electron chi connectivity index (χ3n) is 1.59. The average molecular weight is 196 g/mol. The SMILES string of the molecule is Cc1cccc(OC(N)=O)c1[N+](=O)[O-]. The van der Waals surface area contributed by atoms with Crippen LogP contribution < -0.4 is 10.5 Å². The summed E-state index contributed by atoms with van der Waals surface area (Å²) in [6.07, 6.45) is -1.07. The summed E-state index contributed by atoms with van der Waals surface area (Å²) in [4.78, 5) is 20.4. The molecule has 0 fully saturated rings. The van der Waals surface area contributed by atoms with Gasteiger partial charge in [0, 0.05) is 5.56 Å². The molecule has 74 valence electrons. The number of primary amides is 1. The lowest BCUT2D eigenvalue weighted by Crippen LogP contribution is -2.17. The lowest BCUT2D eigenvalue weighted by atomic mass is 10.2. The predicted molar refractivity (Wildman–Crippen MR) is 48.0 cm³/mol. The van der Waals surface area contributed by atoms with E-state index in [1.807, 2.05) is 0 Å². The van der Waals surface area contributed by atoms with Crippen molar-refractivity contribution in [3.8, 4) is 5.75 Å². The number of para-hydroxylation sites is 1. The first-order chi connectivity index (χ1) is 6.52. The molecule has 1 aromatic carbocycles. The third-order valence-corrected chi connectivity index (χ3v) is 1.59. The third kappa shape index (κ3) is 1.98. The Morgan fingerprint density at radius 1 is 1.57 bits per heavy atom. The van der Waals surface area contributed by atoms with E-state index in [9.17, 15) is 14.9 Å². The van der Waals surface area contributed by atoms with Gasteiger partial charge in [0.2, 0.25) is 5.75 Å². The van der Waals surface area contributed by atoms with Gasteiger partial charge < -0.3 is 10.5 Å². The molecule has 0 heterocycles. The maximum Gasteiger partial charge on any atom is 0.410 e. The first-order valence-electron chi connectivity index (χ1n) is 3.73. The van der Waals surface area contributed by atoms with Crippen LogP contribution >= 0.6 is 0 Å². The molecule has 0 saturated carbocycles. The second-order valence-electron chi connectivity index (χ2n) is 2.60. The molecule has 0 aliphatic rings. The van der Waals surface area contributed by atoms with Crippen LogP contribution in [0.3, 0.4) is 0 Å². The number of nitro groups is 1. The second kappa shape index (κ2) is 3.73. The van der Waals surface area contributed by atoms with E-state index in [2.05, 4.69) is 4.74 Å². The van der Waals surface area contributed by atoms with Crippen molar-refractivity contribution >= 4 is 11.8 Å². The lowest BCUT2D eigenvalue weighted by molar-refractivity contribution is -0.386. The van der Waals surface area contributed by atoms with E-state index >= 15 is 0 Å². The molecule has 14 heavy (non-hydrogen) atoms. The molecule has 0 aliphatic carbocycles. The monoisotopic (exact) mass is 196 g/mol. The van der Waals surface area contributed by atoms with Gasteiger partial charge in [0.1, 0.15) is 0 Å². The minimum atomic E-state index is -1.07. The highest BCUT2D eigenvalue weighted by Gasteiger charge is 2.19. The number of carbonyl (C=O) groups excluding carboxylic acids is 1. The van der Waals surface area contributed by atoms with Crippen LogP contribution in [0.25, 0.3) is 0 Å². The Balaban J connectivity index is 3.21. The number of benzene rings is 1. The van der Waals surface area contributed by atoms with Crippen molar-refractivity contribution in [2.75, 3.05) is 0 Å². The second-order valence-corrected chi connectivity index (χ2v) is 2.60. The number of nitrogens with zero attached hydrogens (tertiary/aromatic N) is 1. The van der Waals surface area contributed by atoms with Crippen molar-refractivity contribution in [3.05, 3.63) is 33.9 Å². The summed E-state index contributed by atoms with van der Waals surface area (Å²) in [6.45, 7) is 1.55. The van der Waals surface area contributed by atoms with Crippen LogP contribution in [0.15, 0.2) is 18.2 Å². The Hall–Kier alpha value is -2.11. The standard InChI is InChI=1S/C8H8N2O4/c1-5-3-2-4-6(14-8(9)11)7(5)10(12)13/h2-4H,1H3,(H2,9,11).